The third-order valence-electron chi connectivity index (χ3n) is 3.27. The molecular weight excluding hydrogens is 176 g/mol. The number of nitrogens with two attached hydrogens (primary N) is 1. The van der Waals surface area contributed by atoms with Crippen molar-refractivity contribution in [3.63, 3.8) is 0 Å². The third kappa shape index (κ3) is 3.23. The molecule has 1 unspecified atom stereocenters. The highest BCUT2D eigenvalue weighted by atomic mass is 16.5. The van der Waals surface area contributed by atoms with Crippen molar-refractivity contribution in [1.29, 1.82) is 0 Å². The van der Waals surface area contributed by atoms with Crippen molar-refractivity contribution < 1.29 is 4.74 Å². The summed E-state index contributed by atoms with van der Waals surface area (Å²) < 4.78 is 5.43. The first kappa shape index (κ1) is 12.0. The van der Waals surface area contributed by atoms with Crippen LogP contribution in [0.4, 0.5) is 0 Å². The van der Waals surface area contributed by atoms with Crippen LogP contribution in [-0.4, -0.2) is 43.8 Å². The Morgan fingerprint density at radius 3 is 2.71 bits per heavy atom. The van der Waals surface area contributed by atoms with Gasteiger partial charge in [0.2, 0.25) is 0 Å². The lowest BCUT2D eigenvalue weighted by Crippen LogP contribution is -2.50. The highest BCUT2D eigenvalue weighted by Crippen LogP contribution is 2.14. The Labute approximate surface area is 87.6 Å². The monoisotopic (exact) mass is 200 g/mol. The second kappa shape index (κ2) is 6.38. The zero-order chi connectivity index (χ0) is 10.4. The summed E-state index contributed by atoms with van der Waals surface area (Å²) in [5.74, 6) is 0.821. The molecule has 2 N–H and O–H groups in total. The van der Waals surface area contributed by atoms with Crippen LogP contribution in [0.3, 0.4) is 0 Å². The lowest BCUT2D eigenvalue weighted by molar-refractivity contribution is -0.0112. The number of morpholine rings is 1. The van der Waals surface area contributed by atoms with E-state index in [0.29, 0.717) is 6.04 Å². The van der Waals surface area contributed by atoms with Crippen molar-refractivity contribution in [3.05, 3.63) is 0 Å². The summed E-state index contributed by atoms with van der Waals surface area (Å²) in [6.45, 7) is 9.20. The molecule has 0 bridgehead atoms. The molecule has 0 amide bonds. The maximum atomic E-state index is 5.73. The van der Waals surface area contributed by atoms with Gasteiger partial charge in [0, 0.05) is 25.7 Å². The van der Waals surface area contributed by atoms with E-state index < -0.39 is 0 Å². The molecule has 0 aromatic rings. The van der Waals surface area contributed by atoms with E-state index in [2.05, 4.69) is 18.7 Å². The molecule has 84 valence electrons. The van der Waals surface area contributed by atoms with Gasteiger partial charge in [0.05, 0.1) is 13.2 Å². The molecule has 3 heteroatoms. The average molecular weight is 200 g/mol. The van der Waals surface area contributed by atoms with E-state index in [9.17, 15) is 0 Å². The summed E-state index contributed by atoms with van der Waals surface area (Å²) in [5, 5.41) is 0. The van der Waals surface area contributed by atoms with E-state index in [-0.39, 0.29) is 0 Å². The molecule has 0 radical (unpaired) electrons. The van der Waals surface area contributed by atoms with E-state index in [1.165, 1.54) is 19.4 Å². The van der Waals surface area contributed by atoms with Gasteiger partial charge >= 0.3 is 0 Å². The van der Waals surface area contributed by atoms with Crippen LogP contribution in [0, 0.1) is 5.92 Å². The molecule has 1 heterocycles. The summed E-state index contributed by atoms with van der Waals surface area (Å²) in [5.41, 5.74) is 5.73. The molecule has 1 rings (SSSR count). The molecule has 14 heavy (non-hydrogen) atoms. The van der Waals surface area contributed by atoms with Gasteiger partial charge in [0.15, 0.2) is 0 Å². The zero-order valence-electron chi connectivity index (χ0n) is 9.54. The van der Waals surface area contributed by atoms with Crippen LogP contribution in [-0.2, 0) is 4.74 Å². The van der Waals surface area contributed by atoms with Crippen molar-refractivity contribution >= 4 is 0 Å². The van der Waals surface area contributed by atoms with Crippen LogP contribution in [0.5, 0.6) is 0 Å². The average Bonchev–Trinajstić information content (AvgIpc) is 2.26. The van der Waals surface area contributed by atoms with Crippen molar-refractivity contribution in [1.82, 2.24) is 4.90 Å². The molecular formula is C11H24N2O. The molecule has 1 aliphatic heterocycles. The van der Waals surface area contributed by atoms with Gasteiger partial charge < -0.3 is 10.5 Å². The number of ether oxygens (including phenoxy) is 1. The standard InChI is InChI=1S/C11H24N2O/c1-3-10(4-2)8-13-5-6-14-9-11(13)7-12/h10-11H,3-9,12H2,1-2H3. The molecule has 1 aliphatic rings. The smallest absolute Gasteiger partial charge is 0.0634 e. The van der Waals surface area contributed by atoms with E-state index >= 15 is 0 Å². The highest BCUT2D eigenvalue weighted by molar-refractivity contribution is 4.77. The fourth-order valence-corrected chi connectivity index (χ4v) is 2.03. The summed E-state index contributed by atoms with van der Waals surface area (Å²) >= 11 is 0. The first-order valence-corrected chi connectivity index (χ1v) is 5.83. The Hall–Kier alpha value is -0.120. The number of nitrogens with zero attached hydrogens (tertiary/aromatic N) is 1. The Balaban J connectivity index is 2.39. The van der Waals surface area contributed by atoms with Gasteiger partial charge in [-0.3, -0.25) is 4.90 Å². The first-order chi connectivity index (χ1) is 6.81. The minimum atomic E-state index is 0.448. The highest BCUT2D eigenvalue weighted by Gasteiger charge is 2.23. The van der Waals surface area contributed by atoms with Gasteiger partial charge in [0.1, 0.15) is 0 Å². The topological polar surface area (TPSA) is 38.5 Å². The van der Waals surface area contributed by atoms with Crippen molar-refractivity contribution in [2.45, 2.75) is 32.7 Å². The van der Waals surface area contributed by atoms with Crippen molar-refractivity contribution in [2.75, 3.05) is 32.8 Å². The van der Waals surface area contributed by atoms with Crippen molar-refractivity contribution in [3.8, 4) is 0 Å². The van der Waals surface area contributed by atoms with Gasteiger partial charge in [0.25, 0.3) is 0 Å². The van der Waals surface area contributed by atoms with Gasteiger partial charge in [-0.15, -0.1) is 0 Å². The second-order valence-corrected chi connectivity index (χ2v) is 4.14. The SMILES string of the molecule is CCC(CC)CN1CCOCC1CN. The lowest BCUT2D eigenvalue weighted by Gasteiger charge is -2.36. The van der Waals surface area contributed by atoms with E-state index in [1.807, 2.05) is 0 Å². The van der Waals surface area contributed by atoms with E-state index in [1.54, 1.807) is 0 Å². The van der Waals surface area contributed by atoms with E-state index in [0.717, 1.165) is 32.2 Å². The van der Waals surface area contributed by atoms with Gasteiger partial charge in [-0.05, 0) is 5.92 Å². The fourth-order valence-electron chi connectivity index (χ4n) is 2.03. The van der Waals surface area contributed by atoms with Crippen LogP contribution in [0.15, 0.2) is 0 Å². The minimum absolute atomic E-state index is 0.448. The molecule has 0 saturated carbocycles. The molecule has 0 aliphatic carbocycles. The Morgan fingerprint density at radius 1 is 1.43 bits per heavy atom. The maximum Gasteiger partial charge on any atom is 0.0634 e. The number of hydrogen-bond acceptors (Lipinski definition) is 3. The van der Waals surface area contributed by atoms with Crippen LogP contribution in [0.25, 0.3) is 0 Å². The largest absolute Gasteiger partial charge is 0.378 e. The van der Waals surface area contributed by atoms with Crippen LogP contribution < -0.4 is 5.73 Å². The lowest BCUT2D eigenvalue weighted by atomic mass is 10.0. The Morgan fingerprint density at radius 2 is 2.14 bits per heavy atom. The minimum Gasteiger partial charge on any atom is -0.378 e. The van der Waals surface area contributed by atoms with Crippen LogP contribution in [0.2, 0.25) is 0 Å². The van der Waals surface area contributed by atoms with Crippen LogP contribution in [0.1, 0.15) is 26.7 Å². The quantitative estimate of drug-likeness (QED) is 0.722. The van der Waals surface area contributed by atoms with Gasteiger partial charge in [-0.2, -0.15) is 0 Å². The Bertz CT molecular complexity index is 148. The molecule has 1 saturated heterocycles. The summed E-state index contributed by atoms with van der Waals surface area (Å²) in [6.07, 6.45) is 2.54. The number of hydrogen-bond donors (Lipinski definition) is 1. The zero-order valence-corrected chi connectivity index (χ0v) is 9.54. The molecule has 0 aromatic carbocycles. The predicted octanol–water partition coefficient (Wildman–Crippen LogP) is 1.08. The predicted molar refractivity (Wildman–Crippen MR) is 59.3 cm³/mol. The first-order valence-electron chi connectivity index (χ1n) is 5.83. The molecule has 1 atom stereocenters. The van der Waals surface area contributed by atoms with Gasteiger partial charge in [-0.25, -0.2) is 0 Å². The normalized spacial score (nSPS) is 24.4. The maximum absolute atomic E-state index is 5.73. The summed E-state index contributed by atoms with van der Waals surface area (Å²) in [6, 6.07) is 0.448. The summed E-state index contributed by atoms with van der Waals surface area (Å²) in [7, 11) is 0. The third-order valence-corrected chi connectivity index (χ3v) is 3.27. The van der Waals surface area contributed by atoms with Crippen molar-refractivity contribution in [2.24, 2.45) is 11.7 Å². The molecule has 0 aromatic heterocycles. The Kier molecular flexibility index (Phi) is 5.45. The molecule has 1 fully saturated rings. The van der Waals surface area contributed by atoms with Crippen LogP contribution >= 0.6 is 0 Å². The number of rotatable bonds is 5. The molecule has 3 nitrogen and oxygen atoms in total. The van der Waals surface area contributed by atoms with E-state index in [4.69, 9.17) is 10.5 Å². The fraction of sp³-hybridized carbons (Fsp3) is 1.00. The molecule has 0 spiro atoms. The van der Waals surface area contributed by atoms with Gasteiger partial charge in [-0.1, -0.05) is 26.7 Å². The second-order valence-electron chi connectivity index (χ2n) is 4.14. The summed E-state index contributed by atoms with van der Waals surface area (Å²) in [4.78, 5) is 2.50.